The zero-order valence-electron chi connectivity index (χ0n) is 33.5. The van der Waals surface area contributed by atoms with Crippen LogP contribution in [0.1, 0.15) is 52.7 Å². The van der Waals surface area contributed by atoms with E-state index in [0.717, 1.165) is 51.2 Å². The summed E-state index contributed by atoms with van der Waals surface area (Å²) in [7, 11) is 0. The molecule has 0 amide bonds. The molecule has 0 radical (unpaired) electrons. The first-order valence-corrected chi connectivity index (χ1v) is 20.0. The van der Waals surface area contributed by atoms with Gasteiger partial charge in [0.2, 0.25) is 0 Å². The molecule has 0 fully saturated rings. The number of anilines is 9. The van der Waals surface area contributed by atoms with Gasteiger partial charge in [0.25, 0.3) is 6.71 Å². The van der Waals surface area contributed by atoms with Crippen LogP contribution in [0.15, 0.2) is 170 Å². The third kappa shape index (κ3) is 5.73. The summed E-state index contributed by atoms with van der Waals surface area (Å²) in [6, 6.07) is 59.7. The number of fused-ring (bicyclic) bond motifs is 6. The molecule has 6 aromatic carbocycles. The number of nitrogens with zero attached hydrogens (tertiary/aromatic N) is 5. The molecule has 0 bridgehead atoms. The molecule has 0 aliphatic carbocycles. The van der Waals surface area contributed by atoms with Crippen LogP contribution in [0.5, 0.6) is 0 Å². The van der Waals surface area contributed by atoms with E-state index >= 15 is 0 Å². The summed E-state index contributed by atoms with van der Waals surface area (Å²) in [5.74, 6) is 1.07. The van der Waals surface area contributed by atoms with Crippen LogP contribution in [0.25, 0.3) is 5.65 Å². The normalized spacial score (nSPS) is 13.3. The van der Waals surface area contributed by atoms with Gasteiger partial charge in [0.05, 0.1) is 11.3 Å². The Labute approximate surface area is 336 Å². The van der Waals surface area contributed by atoms with E-state index in [1.165, 1.54) is 33.4 Å². The number of hydrogen-bond donors (Lipinski definition) is 0. The summed E-state index contributed by atoms with van der Waals surface area (Å²) < 4.78 is 2.29. The minimum atomic E-state index is -0.0586. The smallest absolute Gasteiger partial charge is 0.277 e. The molecule has 2 aromatic heterocycles. The fraction of sp³-hybridized carbons (Fsp3) is 0.157. The standard InChI is InChI=1S/C51H46BN5/c1-50(2,3)35-24-28-39(29-25-35)55(40-30-26-36(27-31-40)51(4,5)6)41-32-33-54-46(34-41)53-48-49(54)57(38-18-11-8-12-19-38)45-23-15-22-44-47(45)52(48)42-20-13-14-21-43(42)56(44)37-16-9-7-10-17-37/h7-34H,1-6H3. The molecule has 278 valence electrons. The Morgan fingerprint density at radius 3 is 1.58 bits per heavy atom. The monoisotopic (exact) mass is 739 g/mol. The van der Waals surface area contributed by atoms with Gasteiger partial charge in [-0.3, -0.25) is 9.30 Å². The van der Waals surface area contributed by atoms with Crippen molar-refractivity contribution in [2.75, 3.05) is 14.7 Å². The third-order valence-electron chi connectivity index (χ3n) is 11.7. The van der Waals surface area contributed by atoms with Crippen LogP contribution >= 0.6 is 0 Å². The molecule has 10 rings (SSSR count). The molecule has 4 heterocycles. The maximum Gasteiger partial charge on any atom is 0.277 e. The zero-order chi connectivity index (χ0) is 39.1. The van der Waals surface area contributed by atoms with Crippen molar-refractivity contribution < 1.29 is 0 Å². The molecule has 5 nitrogen and oxygen atoms in total. The van der Waals surface area contributed by atoms with Gasteiger partial charge in [0, 0.05) is 52.1 Å². The molecule has 0 spiro atoms. The molecule has 8 aromatic rings. The van der Waals surface area contributed by atoms with Gasteiger partial charge in [-0.1, -0.05) is 126 Å². The van der Waals surface area contributed by atoms with Crippen LogP contribution in [0.2, 0.25) is 0 Å². The van der Waals surface area contributed by atoms with Crippen molar-refractivity contribution in [2.24, 2.45) is 0 Å². The highest BCUT2D eigenvalue weighted by Crippen LogP contribution is 2.45. The van der Waals surface area contributed by atoms with Crippen LogP contribution in [0.3, 0.4) is 0 Å². The minimum absolute atomic E-state index is 0.0586. The summed E-state index contributed by atoms with van der Waals surface area (Å²) in [4.78, 5) is 12.8. The Kier molecular flexibility index (Phi) is 7.98. The lowest BCUT2D eigenvalue weighted by atomic mass is 9.35. The van der Waals surface area contributed by atoms with Gasteiger partial charge >= 0.3 is 0 Å². The highest BCUT2D eigenvalue weighted by molar-refractivity contribution is 6.99. The van der Waals surface area contributed by atoms with Gasteiger partial charge in [-0.2, -0.15) is 0 Å². The molecule has 0 N–H and O–H groups in total. The van der Waals surface area contributed by atoms with Crippen LogP contribution < -0.4 is 31.2 Å². The molecule has 0 saturated heterocycles. The fourth-order valence-corrected chi connectivity index (χ4v) is 8.80. The summed E-state index contributed by atoms with van der Waals surface area (Å²) in [5, 5.41) is 0. The summed E-state index contributed by atoms with van der Waals surface area (Å²) in [5.41, 5.74) is 16.2. The maximum absolute atomic E-state index is 5.65. The maximum atomic E-state index is 5.65. The van der Waals surface area contributed by atoms with Gasteiger partial charge in [0.15, 0.2) is 0 Å². The van der Waals surface area contributed by atoms with E-state index in [9.17, 15) is 0 Å². The molecule has 57 heavy (non-hydrogen) atoms. The Morgan fingerprint density at radius 1 is 0.491 bits per heavy atom. The molecule has 0 saturated carbocycles. The molecule has 2 aliphatic heterocycles. The number of imidazole rings is 1. The Balaban J connectivity index is 1.19. The van der Waals surface area contributed by atoms with Gasteiger partial charge in [-0.25, -0.2) is 4.98 Å². The van der Waals surface area contributed by atoms with E-state index in [4.69, 9.17) is 4.98 Å². The SMILES string of the molecule is CC(C)(C)c1ccc(N(c2ccc(C(C)(C)C)cc2)c2ccn3c4c(nc3c2)B2c3ccccc3N(c3ccccc3)c3cccc(c32)N4c2ccccc2)cc1. The van der Waals surface area contributed by atoms with E-state index in [2.05, 4.69) is 231 Å². The van der Waals surface area contributed by atoms with Crippen LogP contribution in [-0.2, 0) is 10.8 Å². The lowest BCUT2D eigenvalue weighted by Crippen LogP contribution is -2.61. The molecule has 0 unspecified atom stereocenters. The second kappa shape index (κ2) is 13.0. The minimum Gasteiger partial charge on any atom is -0.311 e. The molecule has 6 heteroatoms. The van der Waals surface area contributed by atoms with Crippen molar-refractivity contribution in [3.8, 4) is 0 Å². The quantitative estimate of drug-likeness (QED) is 0.164. The van der Waals surface area contributed by atoms with Gasteiger partial charge in [0.1, 0.15) is 11.5 Å². The van der Waals surface area contributed by atoms with Crippen molar-refractivity contribution in [1.82, 2.24) is 9.38 Å². The van der Waals surface area contributed by atoms with Gasteiger partial charge in [-0.05, 0) is 106 Å². The second-order valence-corrected chi connectivity index (χ2v) is 17.4. The van der Waals surface area contributed by atoms with Crippen LogP contribution in [-0.4, -0.2) is 16.1 Å². The van der Waals surface area contributed by atoms with Crippen molar-refractivity contribution in [2.45, 2.75) is 52.4 Å². The summed E-state index contributed by atoms with van der Waals surface area (Å²) in [6.45, 7) is 13.5. The number of para-hydroxylation sites is 3. The highest BCUT2D eigenvalue weighted by atomic mass is 15.3. The highest BCUT2D eigenvalue weighted by Gasteiger charge is 2.45. The summed E-state index contributed by atoms with van der Waals surface area (Å²) >= 11 is 0. The first kappa shape index (κ1) is 34.9. The van der Waals surface area contributed by atoms with Crippen LogP contribution in [0, 0.1) is 0 Å². The van der Waals surface area contributed by atoms with Crippen molar-refractivity contribution >= 4 is 80.2 Å². The van der Waals surface area contributed by atoms with Gasteiger partial charge in [-0.15, -0.1) is 0 Å². The summed E-state index contributed by atoms with van der Waals surface area (Å²) in [6.07, 6.45) is 2.21. The number of hydrogen-bond acceptors (Lipinski definition) is 4. The largest absolute Gasteiger partial charge is 0.311 e. The van der Waals surface area contributed by atoms with E-state index in [-0.39, 0.29) is 17.5 Å². The van der Waals surface area contributed by atoms with E-state index in [0.29, 0.717) is 0 Å². The molecular weight excluding hydrogens is 693 g/mol. The lowest BCUT2D eigenvalue weighted by molar-refractivity contribution is 0.590. The van der Waals surface area contributed by atoms with Crippen molar-refractivity contribution in [3.63, 3.8) is 0 Å². The average molecular weight is 740 g/mol. The first-order valence-electron chi connectivity index (χ1n) is 20.0. The molecule has 2 aliphatic rings. The topological polar surface area (TPSA) is 27.0 Å². The Morgan fingerprint density at radius 2 is 1.00 bits per heavy atom. The lowest BCUT2D eigenvalue weighted by Gasteiger charge is -2.42. The van der Waals surface area contributed by atoms with E-state index in [1.54, 1.807) is 0 Å². The predicted molar refractivity (Wildman–Crippen MR) is 241 cm³/mol. The molecule has 0 atom stereocenters. The van der Waals surface area contributed by atoms with E-state index in [1.807, 2.05) is 0 Å². The number of pyridine rings is 1. The zero-order valence-corrected chi connectivity index (χ0v) is 33.5. The fourth-order valence-electron chi connectivity index (χ4n) is 8.80. The number of aromatic nitrogens is 2. The Hall–Kier alpha value is -6.53. The van der Waals surface area contributed by atoms with Crippen molar-refractivity contribution in [3.05, 3.63) is 181 Å². The van der Waals surface area contributed by atoms with Gasteiger partial charge < -0.3 is 9.80 Å². The van der Waals surface area contributed by atoms with Crippen LogP contribution in [0.4, 0.5) is 51.3 Å². The third-order valence-corrected chi connectivity index (χ3v) is 11.7. The van der Waals surface area contributed by atoms with Crippen molar-refractivity contribution in [1.29, 1.82) is 0 Å². The first-order chi connectivity index (χ1) is 27.6. The average Bonchev–Trinajstić information content (AvgIpc) is 3.60. The van der Waals surface area contributed by atoms with E-state index < -0.39 is 0 Å². The predicted octanol–water partition coefficient (Wildman–Crippen LogP) is 11.5. The second-order valence-electron chi connectivity index (χ2n) is 17.4. The number of benzene rings is 6. The number of rotatable bonds is 5. The Bertz CT molecular complexity index is 2700. The molecular formula is C51H46BN5.